The lowest BCUT2D eigenvalue weighted by Crippen LogP contribution is -2.10. The molecule has 110 valence electrons. The molecular weight excluding hydrogens is 340 g/mol. The van der Waals surface area contributed by atoms with Crippen molar-refractivity contribution in [3.05, 3.63) is 51.0 Å². The molecule has 0 aliphatic carbocycles. The Hall–Kier alpha value is -2.32. The Morgan fingerprint density at radius 3 is 2.57 bits per heavy atom. The summed E-state index contributed by atoms with van der Waals surface area (Å²) in [6, 6.07) is 10.1. The van der Waals surface area contributed by atoms with Gasteiger partial charge in [0.25, 0.3) is 0 Å². The minimum Gasteiger partial charge on any atom is -0.496 e. The number of benzene rings is 2. The third kappa shape index (κ3) is 3.23. The van der Waals surface area contributed by atoms with Crippen LogP contribution in [0, 0.1) is 10.1 Å². The van der Waals surface area contributed by atoms with Crippen LogP contribution in [0.5, 0.6) is 5.75 Å². The zero-order valence-corrected chi connectivity index (χ0v) is 12.7. The van der Waals surface area contributed by atoms with E-state index in [0.29, 0.717) is 17.1 Å². The summed E-state index contributed by atoms with van der Waals surface area (Å²) in [6.07, 6.45) is 0. The van der Waals surface area contributed by atoms with Crippen LogP contribution in [0.2, 0.25) is 0 Å². The van der Waals surface area contributed by atoms with Crippen molar-refractivity contribution in [3.63, 3.8) is 0 Å². The summed E-state index contributed by atoms with van der Waals surface area (Å²) in [5.74, 6) is 5.98. The highest BCUT2D eigenvalue weighted by molar-refractivity contribution is 9.10. The van der Waals surface area contributed by atoms with Gasteiger partial charge in [-0.25, -0.2) is 0 Å². The number of rotatable bonds is 5. The first-order valence-corrected chi connectivity index (χ1v) is 6.70. The largest absolute Gasteiger partial charge is 0.496 e. The number of para-hydroxylation sites is 1. The van der Waals surface area contributed by atoms with E-state index in [1.165, 1.54) is 6.07 Å². The number of halogens is 1. The molecule has 0 radical (unpaired) electrons. The fraction of sp³-hybridized carbons (Fsp3) is 0.0769. The van der Waals surface area contributed by atoms with Crippen LogP contribution in [0.15, 0.2) is 40.9 Å². The second kappa shape index (κ2) is 6.42. The first-order chi connectivity index (χ1) is 10.1. The van der Waals surface area contributed by atoms with E-state index in [1.54, 1.807) is 37.4 Å². The average molecular weight is 353 g/mol. The number of nitrogen functional groups attached to an aromatic ring is 1. The zero-order chi connectivity index (χ0) is 15.4. The summed E-state index contributed by atoms with van der Waals surface area (Å²) in [7, 11) is 1.56. The monoisotopic (exact) mass is 352 g/mol. The van der Waals surface area contributed by atoms with Gasteiger partial charge in [-0.15, -0.1) is 0 Å². The number of hydrogen-bond acceptors (Lipinski definition) is 6. The Balaban J connectivity index is 2.40. The molecule has 0 atom stereocenters. The molecule has 0 fully saturated rings. The molecule has 0 aliphatic heterocycles. The highest BCUT2D eigenvalue weighted by Gasteiger charge is 2.19. The Kier molecular flexibility index (Phi) is 4.61. The topological polar surface area (TPSA) is 102 Å². The average Bonchev–Trinajstić information content (AvgIpc) is 2.46. The van der Waals surface area contributed by atoms with Crippen LogP contribution in [0.4, 0.5) is 22.7 Å². The van der Waals surface area contributed by atoms with Crippen LogP contribution >= 0.6 is 15.9 Å². The number of nitrogens with two attached hydrogens (primary N) is 1. The van der Waals surface area contributed by atoms with Crippen molar-refractivity contribution in [2.75, 3.05) is 17.9 Å². The molecule has 0 heterocycles. The number of ether oxygens (including phenoxy) is 1. The van der Waals surface area contributed by atoms with E-state index in [2.05, 4.69) is 26.7 Å². The molecule has 2 rings (SSSR count). The molecule has 2 aromatic rings. The lowest BCUT2D eigenvalue weighted by atomic mass is 10.2. The number of hydrazine groups is 1. The number of nitro groups is 1. The second-order valence-electron chi connectivity index (χ2n) is 4.08. The molecule has 21 heavy (non-hydrogen) atoms. The zero-order valence-electron chi connectivity index (χ0n) is 11.1. The number of anilines is 3. The van der Waals surface area contributed by atoms with Crippen LogP contribution in [0.3, 0.4) is 0 Å². The third-order valence-corrected chi connectivity index (χ3v) is 3.42. The van der Waals surface area contributed by atoms with Crippen molar-refractivity contribution in [1.82, 2.24) is 0 Å². The molecule has 0 aromatic heterocycles. The minimum absolute atomic E-state index is 0.119. The number of nitrogens with zero attached hydrogens (tertiary/aromatic N) is 1. The van der Waals surface area contributed by atoms with Crippen LogP contribution in [-0.4, -0.2) is 12.0 Å². The van der Waals surface area contributed by atoms with Crippen molar-refractivity contribution in [2.24, 2.45) is 5.84 Å². The predicted octanol–water partition coefficient (Wildman–Crippen LogP) is 3.40. The number of hydrogen-bond donors (Lipinski definition) is 3. The highest BCUT2D eigenvalue weighted by atomic mass is 79.9. The summed E-state index contributed by atoms with van der Waals surface area (Å²) >= 11 is 3.37. The minimum atomic E-state index is -0.490. The molecule has 0 saturated carbocycles. The van der Waals surface area contributed by atoms with Gasteiger partial charge in [-0.05, 0) is 46.3 Å². The van der Waals surface area contributed by atoms with Gasteiger partial charge in [0.1, 0.15) is 17.1 Å². The van der Waals surface area contributed by atoms with Crippen molar-refractivity contribution < 1.29 is 9.66 Å². The van der Waals surface area contributed by atoms with Gasteiger partial charge in [-0.1, -0.05) is 6.07 Å². The quantitative estimate of drug-likeness (QED) is 0.433. The van der Waals surface area contributed by atoms with E-state index < -0.39 is 4.92 Å². The van der Waals surface area contributed by atoms with E-state index in [1.807, 2.05) is 0 Å². The van der Waals surface area contributed by atoms with Crippen LogP contribution in [0.25, 0.3) is 0 Å². The molecular formula is C13H13BrN4O3. The molecule has 7 nitrogen and oxygen atoms in total. The van der Waals surface area contributed by atoms with Gasteiger partial charge in [-0.2, -0.15) is 0 Å². The van der Waals surface area contributed by atoms with Gasteiger partial charge < -0.3 is 15.5 Å². The van der Waals surface area contributed by atoms with Crippen molar-refractivity contribution in [1.29, 1.82) is 0 Å². The first kappa shape index (κ1) is 15.1. The Bertz CT molecular complexity index is 678. The van der Waals surface area contributed by atoms with Crippen LogP contribution < -0.4 is 21.3 Å². The SMILES string of the molecule is COc1ccc(Nc2cccc(NN)c2[N+](=O)[O-])cc1Br. The summed E-state index contributed by atoms with van der Waals surface area (Å²) < 4.78 is 5.88. The van der Waals surface area contributed by atoms with Crippen molar-refractivity contribution >= 4 is 38.7 Å². The van der Waals surface area contributed by atoms with Crippen LogP contribution in [0.1, 0.15) is 0 Å². The maximum Gasteiger partial charge on any atom is 0.316 e. The Labute approximate surface area is 129 Å². The normalized spacial score (nSPS) is 10.0. The van der Waals surface area contributed by atoms with E-state index >= 15 is 0 Å². The number of nitro benzene ring substituents is 1. The fourth-order valence-corrected chi connectivity index (χ4v) is 2.40. The molecule has 4 N–H and O–H groups in total. The lowest BCUT2D eigenvalue weighted by molar-refractivity contribution is -0.383. The van der Waals surface area contributed by atoms with Gasteiger partial charge >= 0.3 is 5.69 Å². The second-order valence-corrected chi connectivity index (χ2v) is 4.93. The molecule has 0 amide bonds. The third-order valence-electron chi connectivity index (χ3n) is 2.80. The standard InChI is InChI=1S/C13H13BrN4O3/c1-21-12-6-5-8(7-9(12)14)16-10-3-2-4-11(17-15)13(10)18(19)20/h2-7,16-17H,15H2,1H3. The van der Waals surface area contributed by atoms with Gasteiger partial charge in [0.2, 0.25) is 0 Å². The number of nitrogens with one attached hydrogen (secondary N) is 2. The van der Waals surface area contributed by atoms with Gasteiger partial charge in [0.05, 0.1) is 16.5 Å². The predicted molar refractivity (Wildman–Crippen MR) is 84.9 cm³/mol. The van der Waals surface area contributed by atoms with E-state index in [4.69, 9.17) is 10.6 Å². The first-order valence-electron chi connectivity index (χ1n) is 5.91. The molecule has 0 saturated heterocycles. The van der Waals surface area contributed by atoms with Crippen LogP contribution in [-0.2, 0) is 0 Å². The van der Waals surface area contributed by atoms with Gasteiger partial charge in [-0.3, -0.25) is 16.0 Å². The van der Waals surface area contributed by atoms with Gasteiger partial charge in [0.15, 0.2) is 0 Å². The fourth-order valence-electron chi connectivity index (χ4n) is 1.86. The smallest absolute Gasteiger partial charge is 0.316 e. The summed E-state index contributed by atoms with van der Waals surface area (Å²) in [4.78, 5) is 10.7. The summed E-state index contributed by atoms with van der Waals surface area (Å²) in [6.45, 7) is 0. The lowest BCUT2D eigenvalue weighted by Gasteiger charge is -2.11. The maximum absolute atomic E-state index is 11.2. The molecule has 2 aromatic carbocycles. The molecule has 0 bridgehead atoms. The summed E-state index contributed by atoms with van der Waals surface area (Å²) in [5.41, 5.74) is 3.46. The highest BCUT2D eigenvalue weighted by Crippen LogP contribution is 2.35. The van der Waals surface area contributed by atoms with Gasteiger partial charge in [0, 0.05) is 5.69 Å². The molecule has 0 unspecified atom stereocenters. The molecule has 0 spiro atoms. The maximum atomic E-state index is 11.2. The molecule has 8 heteroatoms. The Morgan fingerprint density at radius 2 is 2.00 bits per heavy atom. The molecule has 0 aliphatic rings. The van der Waals surface area contributed by atoms with E-state index in [-0.39, 0.29) is 11.4 Å². The van der Waals surface area contributed by atoms with Crippen molar-refractivity contribution in [2.45, 2.75) is 0 Å². The summed E-state index contributed by atoms with van der Waals surface area (Å²) in [5, 5.41) is 14.2. The van der Waals surface area contributed by atoms with E-state index in [9.17, 15) is 10.1 Å². The van der Waals surface area contributed by atoms with E-state index in [0.717, 1.165) is 4.47 Å². The number of methoxy groups -OCH3 is 1. The Morgan fingerprint density at radius 1 is 1.29 bits per heavy atom. The van der Waals surface area contributed by atoms with Crippen molar-refractivity contribution in [3.8, 4) is 5.75 Å².